The number of hydrogen-bond donors (Lipinski definition) is 1. The van der Waals surface area contributed by atoms with Gasteiger partial charge < -0.3 is 14.0 Å². The van der Waals surface area contributed by atoms with E-state index in [1.54, 1.807) is 12.3 Å². The first-order valence-corrected chi connectivity index (χ1v) is 15.3. The Balaban J connectivity index is 1.19. The summed E-state index contributed by atoms with van der Waals surface area (Å²) in [6.45, 7) is 2.88. The number of fused-ring (bicyclic) bond motifs is 2. The SMILES string of the molecule is CC(c1nc2cc(-c3nc(C#N)n[nH]3)ncc2n1C[C@@H]1CCO1)N1CCc2cc(C(F)(F)F)c(OCc3c(F)cc(Cl)cc3F)nc2C1. The number of imidazole rings is 1. The van der Waals surface area contributed by atoms with E-state index in [4.69, 9.17) is 31.3 Å². The average molecular weight is 686 g/mol. The molecule has 1 saturated heterocycles. The van der Waals surface area contributed by atoms with Crippen LogP contribution in [0.15, 0.2) is 30.5 Å². The van der Waals surface area contributed by atoms with Crippen molar-refractivity contribution in [3.63, 3.8) is 0 Å². The number of H-pyrrole nitrogens is 1. The van der Waals surface area contributed by atoms with Crippen molar-refractivity contribution in [3.8, 4) is 23.5 Å². The topological polar surface area (TPSA) is 131 Å². The van der Waals surface area contributed by atoms with E-state index in [1.165, 1.54) is 0 Å². The van der Waals surface area contributed by atoms with E-state index in [-0.39, 0.29) is 36.0 Å². The fourth-order valence-electron chi connectivity index (χ4n) is 5.86. The zero-order valence-corrected chi connectivity index (χ0v) is 25.9. The van der Waals surface area contributed by atoms with Gasteiger partial charge in [0.25, 0.3) is 5.82 Å². The van der Waals surface area contributed by atoms with E-state index in [2.05, 4.69) is 25.1 Å². The maximum absolute atomic E-state index is 14.4. The molecule has 0 spiro atoms. The van der Waals surface area contributed by atoms with Crippen LogP contribution in [0.5, 0.6) is 5.88 Å². The summed E-state index contributed by atoms with van der Waals surface area (Å²) in [5.41, 5.74) is 0.872. The largest absolute Gasteiger partial charge is 0.472 e. The summed E-state index contributed by atoms with van der Waals surface area (Å²) < 4.78 is 84.0. The molecule has 17 heteroatoms. The predicted octanol–water partition coefficient (Wildman–Crippen LogP) is 5.92. The maximum Gasteiger partial charge on any atom is 0.421 e. The van der Waals surface area contributed by atoms with Gasteiger partial charge in [0.2, 0.25) is 5.88 Å². The van der Waals surface area contributed by atoms with Crippen LogP contribution in [0.3, 0.4) is 0 Å². The van der Waals surface area contributed by atoms with Crippen LogP contribution in [0.1, 0.15) is 53.4 Å². The van der Waals surface area contributed by atoms with Gasteiger partial charge in [-0.3, -0.25) is 15.0 Å². The highest BCUT2D eigenvalue weighted by atomic mass is 35.5. The van der Waals surface area contributed by atoms with Crippen molar-refractivity contribution in [2.45, 2.75) is 57.8 Å². The lowest BCUT2D eigenvalue weighted by atomic mass is 10.0. The zero-order chi connectivity index (χ0) is 33.7. The van der Waals surface area contributed by atoms with Crippen LogP contribution in [0.4, 0.5) is 22.0 Å². The molecule has 6 heterocycles. The van der Waals surface area contributed by atoms with E-state index in [0.29, 0.717) is 53.8 Å². The van der Waals surface area contributed by atoms with Gasteiger partial charge in [0.1, 0.15) is 41.4 Å². The molecule has 1 fully saturated rings. The summed E-state index contributed by atoms with van der Waals surface area (Å²) in [5, 5.41) is 15.4. The van der Waals surface area contributed by atoms with Crippen molar-refractivity contribution in [2.75, 3.05) is 13.2 Å². The molecule has 5 aromatic rings. The number of nitriles is 1. The van der Waals surface area contributed by atoms with E-state index in [1.807, 2.05) is 22.5 Å². The summed E-state index contributed by atoms with van der Waals surface area (Å²) in [5.74, 6) is -1.88. The van der Waals surface area contributed by atoms with Crippen LogP contribution in [0.25, 0.3) is 22.6 Å². The first kappa shape index (κ1) is 31.9. The molecular weight excluding hydrogens is 661 g/mol. The van der Waals surface area contributed by atoms with E-state index in [0.717, 1.165) is 30.1 Å². The molecule has 4 aromatic heterocycles. The Morgan fingerprint density at radius 3 is 2.60 bits per heavy atom. The number of hydrogen-bond acceptors (Lipinski definition) is 9. The van der Waals surface area contributed by atoms with Gasteiger partial charge in [-0.05, 0) is 49.6 Å². The fraction of sp³-hybridized carbons (Fsp3) is 0.355. The number of rotatable bonds is 8. The van der Waals surface area contributed by atoms with Crippen molar-refractivity contribution in [2.24, 2.45) is 0 Å². The third-order valence-electron chi connectivity index (χ3n) is 8.53. The van der Waals surface area contributed by atoms with Gasteiger partial charge in [0, 0.05) is 24.7 Å². The Hall–Kier alpha value is -4.72. The Morgan fingerprint density at radius 1 is 1.17 bits per heavy atom. The van der Waals surface area contributed by atoms with Crippen LogP contribution in [-0.2, 0) is 37.0 Å². The summed E-state index contributed by atoms with van der Waals surface area (Å²) >= 11 is 5.68. The van der Waals surface area contributed by atoms with Crippen LogP contribution in [-0.4, -0.2) is 58.9 Å². The molecule has 0 radical (unpaired) electrons. The highest BCUT2D eigenvalue weighted by Gasteiger charge is 2.38. The van der Waals surface area contributed by atoms with Crippen molar-refractivity contribution in [1.82, 2.24) is 39.6 Å². The number of pyridine rings is 2. The second-order valence-electron chi connectivity index (χ2n) is 11.5. The molecule has 0 saturated carbocycles. The van der Waals surface area contributed by atoms with E-state index >= 15 is 0 Å². The van der Waals surface area contributed by atoms with E-state index in [9.17, 15) is 22.0 Å². The normalized spacial score (nSPS) is 17.2. The van der Waals surface area contributed by atoms with Gasteiger partial charge in [-0.2, -0.15) is 23.4 Å². The van der Waals surface area contributed by atoms with Gasteiger partial charge >= 0.3 is 6.18 Å². The first-order chi connectivity index (χ1) is 23.0. The standard InChI is InChI=1S/C31H25ClF5N9O2/c1-15(29-40-23-9-24(28-42-27(10-38)43-44-28)39-11-26(23)46(29)12-18-3-5-47-18)45-4-2-16-6-20(31(35,36)37)30(41-25(16)13-45)48-14-19-21(33)7-17(32)8-22(19)34/h6-9,11,15,18H,2-5,12-14H2,1H3,(H,42,43,44)/t15?,18-/m0/s1. The quantitative estimate of drug-likeness (QED) is 0.198. The summed E-state index contributed by atoms with van der Waals surface area (Å²) in [6, 6.07) is 5.99. The van der Waals surface area contributed by atoms with Crippen molar-refractivity contribution in [1.29, 1.82) is 5.26 Å². The summed E-state index contributed by atoms with van der Waals surface area (Å²) in [6.07, 6.45) is -2.02. The molecule has 1 unspecified atom stereocenters. The zero-order valence-electron chi connectivity index (χ0n) is 25.2. The highest BCUT2D eigenvalue weighted by Crippen LogP contribution is 2.39. The summed E-state index contributed by atoms with van der Waals surface area (Å²) in [4.78, 5) is 19.9. The minimum absolute atomic E-state index is 0.0138. The number of aromatic nitrogens is 7. The molecule has 2 aliphatic heterocycles. The summed E-state index contributed by atoms with van der Waals surface area (Å²) in [7, 11) is 0. The Labute approximate surface area is 274 Å². The Morgan fingerprint density at radius 2 is 1.94 bits per heavy atom. The predicted molar refractivity (Wildman–Crippen MR) is 159 cm³/mol. The molecular formula is C31H25ClF5N9O2. The molecule has 0 amide bonds. The second-order valence-corrected chi connectivity index (χ2v) is 12.0. The monoisotopic (exact) mass is 685 g/mol. The molecule has 11 nitrogen and oxygen atoms in total. The van der Waals surface area contributed by atoms with Gasteiger partial charge in [-0.25, -0.2) is 18.7 Å². The lowest BCUT2D eigenvalue weighted by Crippen LogP contribution is -2.36. The van der Waals surface area contributed by atoms with Crippen LogP contribution >= 0.6 is 11.6 Å². The molecule has 1 N–H and O–H groups in total. The smallest absolute Gasteiger partial charge is 0.421 e. The number of benzene rings is 1. The minimum atomic E-state index is -4.82. The lowest BCUT2D eigenvalue weighted by Gasteiger charge is -2.34. The van der Waals surface area contributed by atoms with Crippen molar-refractivity contribution < 1.29 is 31.4 Å². The Kier molecular flexibility index (Phi) is 8.22. The third-order valence-corrected chi connectivity index (χ3v) is 8.75. The number of nitrogens with zero attached hydrogens (tertiary/aromatic N) is 8. The minimum Gasteiger partial charge on any atom is -0.472 e. The van der Waals surface area contributed by atoms with Gasteiger partial charge in [0.05, 0.1) is 47.2 Å². The lowest BCUT2D eigenvalue weighted by molar-refractivity contribution is -0.139. The number of alkyl halides is 3. The number of aromatic amines is 1. The molecule has 48 heavy (non-hydrogen) atoms. The molecule has 2 aliphatic rings. The second kappa shape index (κ2) is 12.4. The molecule has 248 valence electrons. The van der Waals surface area contributed by atoms with Crippen LogP contribution in [0.2, 0.25) is 5.02 Å². The van der Waals surface area contributed by atoms with Crippen LogP contribution < -0.4 is 4.74 Å². The van der Waals surface area contributed by atoms with Crippen molar-refractivity contribution >= 4 is 22.6 Å². The molecule has 0 aliphatic carbocycles. The third kappa shape index (κ3) is 6.04. The average Bonchev–Trinajstić information content (AvgIpc) is 3.65. The number of nitrogens with one attached hydrogen (secondary N) is 1. The van der Waals surface area contributed by atoms with Gasteiger partial charge in [-0.1, -0.05) is 11.6 Å². The van der Waals surface area contributed by atoms with E-state index < -0.39 is 41.4 Å². The molecule has 0 bridgehead atoms. The first-order valence-electron chi connectivity index (χ1n) is 14.9. The molecule has 7 rings (SSSR count). The number of halogens is 6. The van der Waals surface area contributed by atoms with Gasteiger partial charge in [0.15, 0.2) is 5.82 Å². The molecule has 2 atom stereocenters. The number of ether oxygens (including phenoxy) is 2. The fourth-order valence-corrected chi connectivity index (χ4v) is 6.05. The van der Waals surface area contributed by atoms with Gasteiger partial charge in [-0.15, -0.1) is 5.10 Å². The maximum atomic E-state index is 14.4. The van der Waals surface area contributed by atoms with Crippen LogP contribution in [0, 0.1) is 23.0 Å². The Bertz CT molecular complexity index is 2050. The molecule has 1 aromatic carbocycles. The van der Waals surface area contributed by atoms with Crippen molar-refractivity contribution in [3.05, 3.63) is 81.2 Å². The highest BCUT2D eigenvalue weighted by molar-refractivity contribution is 6.30.